The van der Waals surface area contributed by atoms with Gasteiger partial charge in [0.15, 0.2) is 0 Å². The second kappa shape index (κ2) is 8.71. The molecular weight excluding hydrogens is 336 g/mol. The second-order valence-electron chi connectivity index (χ2n) is 5.80. The maximum Gasteiger partial charge on any atom is 0.234 e. The van der Waals surface area contributed by atoms with E-state index in [0.717, 1.165) is 23.9 Å². The standard InChI is InChI=1S/C18H22N4O2S/c1-24-15-8-4-3-7-14(15)21-17(23)12-25-18-11-16(19-13-20-18)22-9-5-2-6-10-22/h3-4,7-8,11,13H,2,5-6,9-10,12H2,1H3,(H,21,23). The van der Waals surface area contributed by atoms with E-state index in [9.17, 15) is 4.79 Å². The van der Waals surface area contributed by atoms with E-state index < -0.39 is 0 Å². The Balaban J connectivity index is 1.57. The number of carbonyl (C=O) groups excluding carboxylic acids is 1. The van der Waals surface area contributed by atoms with Crippen molar-refractivity contribution < 1.29 is 9.53 Å². The first-order valence-electron chi connectivity index (χ1n) is 8.39. The summed E-state index contributed by atoms with van der Waals surface area (Å²) in [7, 11) is 1.59. The lowest BCUT2D eigenvalue weighted by Crippen LogP contribution is -2.30. The number of rotatable bonds is 6. The summed E-state index contributed by atoms with van der Waals surface area (Å²) in [6.07, 6.45) is 5.26. The minimum absolute atomic E-state index is 0.0902. The molecule has 132 valence electrons. The molecule has 0 aliphatic carbocycles. The summed E-state index contributed by atoms with van der Waals surface area (Å²) < 4.78 is 5.24. The summed E-state index contributed by atoms with van der Waals surface area (Å²) in [5.74, 6) is 1.79. The summed E-state index contributed by atoms with van der Waals surface area (Å²) >= 11 is 1.41. The van der Waals surface area contributed by atoms with E-state index >= 15 is 0 Å². The average molecular weight is 358 g/mol. The molecule has 3 rings (SSSR count). The third-order valence-electron chi connectivity index (χ3n) is 4.04. The molecule has 1 saturated heterocycles. The molecule has 2 heterocycles. The molecule has 2 aromatic rings. The van der Waals surface area contributed by atoms with E-state index in [4.69, 9.17) is 4.74 Å². The highest BCUT2D eigenvalue weighted by atomic mass is 32.2. The van der Waals surface area contributed by atoms with Gasteiger partial charge in [0.2, 0.25) is 5.91 Å². The first kappa shape index (κ1) is 17.5. The number of methoxy groups -OCH3 is 1. The summed E-state index contributed by atoms with van der Waals surface area (Å²) in [6, 6.07) is 9.33. The molecule has 1 aromatic carbocycles. The Kier molecular flexibility index (Phi) is 6.11. The Morgan fingerprint density at radius 3 is 2.84 bits per heavy atom. The number of benzene rings is 1. The highest BCUT2D eigenvalue weighted by Gasteiger charge is 2.13. The highest BCUT2D eigenvalue weighted by Crippen LogP contribution is 2.25. The summed E-state index contributed by atoms with van der Waals surface area (Å²) in [5.41, 5.74) is 0.673. The quantitative estimate of drug-likeness (QED) is 0.632. The molecule has 1 aliphatic rings. The van der Waals surface area contributed by atoms with Crippen LogP contribution in [0.25, 0.3) is 0 Å². The van der Waals surface area contributed by atoms with Crippen LogP contribution < -0.4 is 15.0 Å². The Bertz CT molecular complexity index is 720. The van der Waals surface area contributed by atoms with Gasteiger partial charge in [-0.2, -0.15) is 0 Å². The third kappa shape index (κ3) is 4.85. The van der Waals surface area contributed by atoms with E-state index in [1.165, 1.54) is 31.0 Å². The predicted molar refractivity (Wildman–Crippen MR) is 100 cm³/mol. The van der Waals surface area contributed by atoms with Crippen LogP contribution in [-0.2, 0) is 4.79 Å². The fourth-order valence-electron chi connectivity index (χ4n) is 2.78. The van der Waals surface area contributed by atoms with E-state index in [2.05, 4.69) is 20.2 Å². The number of para-hydroxylation sites is 2. The summed E-state index contributed by atoms with van der Waals surface area (Å²) in [4.78, 5) is 23.1. The fraction of sp³-hybridized carbons (Fsp3) is 0.389. The zero-order chi connectivity index (χ0) is 17.5. The monoisotopic (exact) mass is 358 g/mol. The van der Waals surface area contributed by atoms with Crippen molar-refractivity contribution in [1.29, 1.82) is 0 Å². The second-order valence-corrected chi connectivity index (χ2v) is 6.79. The van der Waals surface area contributed by atoms with E-state index in [1.54, 1.807) is 13.4 Å². The maximum atomic E-state index is 12.2. The predicted octanol–water partition coefficient (Wildman–Crippen LogP) is 3.21. The van der Waals surface area contributed by atoms with Crippen LogP contribution in [0, 0.1) is 0 Å². The highest BCUT2D eigenvalue weighted by molar-refractivity contribution is 7.99. The molecule has 6 nitrogen and oxygen atoms in total. The number of aromatic nitrogens is 2. The number of nitrogens with zero attached hydrogens (tertiary/aromatic N) is 3. The van der Waals surface area contributed by atoms with Gasteiger partial charge in [-0.3, -0.25) is 4.79 Å². The SMILES string of the molecule is COc1ccccc1NC(=O)CSc1cc(N2CCCCC2)ncn1. The topological polar surface area (TPSA) is 67.3 Å². The van der Waals surface area contributed by atoms with Gasteiger partial charge in [-0.1, -0.05) is 23.9 Å². The number of piperidine rings is 1. The van der Waals surface area contributed by atoms with Crippen LogP contribution in [0.5, 0.6) is 5.75 Å². The van der Waals surface area contributed by atoms with Crippen molar-refractivity contribution >= 4 is 29.2 Å². The summed E-state index contributed by atoms with van der Waals surface area (Å²) in [6.45, 7) is 2.07. The molecule has 0 atom stereocenters. The molecule has 1 amide bonds. The zero-order valence-electron chi connectivity index (χ0n) is 14.3. The molecule has 0 radical (unpaired) electrons. The van der Waals surface area contributed by atoms with Gasteiger partial charge in [0.05, 0.1) is 18.6 Å². The molecule has 1 aromatic heterocycles. The minimum atomic E-state index is -0.0902. The van der Waals surface area contributed by atoms with Crippen molar-refractivity contribution in [1.82, 2.24) is 9.97 Å². The molecule has 25 heavy (non-hydrogen) atoms. The Morgan fingerprint density at radius 1 is 1.24 bits per heavy atom. The first-order valence-corrected chi connectivity index (χ1v) is 9.37. The van der Waals surface area contributed by atoms with Crippen molar-refractivity contribution in [3.05, 3.63) is 36.7 Å². The van der Waals surface area contributed by atoms with Crippen molar-refractivity contribution in [2.75, 3.05) is 36.2 Å². The van der Waals surface area contributed by atoms with Crippen LogP contribution in [-0.4, -0.2) is 41.8 Å². The third-order valence-corrected chi connectivity index (χ3v) is 4.97. The Morgan fingerprint density at radius 2 is 2.04 bits per heavy atom. The van der Waals surface area contributed by atoms with Crippen LogP contribution in [0.15, 0.2) is 41.7 Å². The number of ether oxygens (including phenoxy) is 1. The lowest BCUT2D eigenvalue weighted by Gasteiger charge is -2.27. The molecule has 1 aliphatic heterocycles. The Labute approximate surface area is 152 Å². The number of hydrogen-bond acceptors (Lipinski definition) is 6. The molecule has 0 unspecified atom stereocenters. The van der Waals surface area contributed by atoms with Crippen LogP contribution in [0.2, 0.25) is 0 Å². The van der Waals surface area contributed by atoms with Crippen LogP contribution in [0.4, 0.5) is 11.5 Å². The van der Waals surface area contributed by atoms with Gasteiger partial charge in [0, 0.05) is 19.2 Å². The van der Waals surface area contributed by atoms with E-state index in [1.807, 2.05) is 30.3 Å². The van der Waals surface area contributed by atoms with Gasteiger partial charge in [-0.15, -0.1) is 0 Å². The van der Waals surface area contributed by atoms with Gasteiger partial charge in [-0.25, -0.2) is 9.97 Å². The molecule has 0 spiro atoms. The maximum absolute atomic E-state index is 12.2. The summed E-state index contributed by atoms with van der Waals surface area (Å²) in [5, 5.41) is 3.68. The van der Waals surface area contributed by atoms with Crippen molar-refractivity contribution in [3.8, 4) is 5.75 Å². The van der Waals surface area contributed by atoms with Crippen LogP contribution in [0.3, 0.4) is 0 Å². The van der Waals surface area contributed by atoms with Gasteiger partial charge in [0.25, 0.3) is 0 Å². The molecular formula is C18H22N4O2S. The van der Waals surface area contributed by atoms with Crippen molar-refractivity contribution in [2.45, 2.75) is 24.3 Å². The molecule has 1 N–H and O–H groups in total. The lowest BCUT2D eigenvalue weighted by molar-refractivity contribution is -0.113. The number of thioether (sulfide) groups is 1. The largest absolute Gasteiger partial charge is 0.495 e. The normalized spacial score (nSPS) is 14.2. The van der Waals surface area contributed by atoms with Gasteiger partial charge >= 0.3 is 0 Å². The number of anilines is 2. The van der Waals surface area contributed by atoms with Crippen molar-refractivity contribution in [3.63, 3.8) is 0 Å². The molecule has 1 fully saturated rings. The zero-order valence-corrected chi connectivity index (χ0v) is 15.1. The number of nitrogens with one attached hydrogen (secondary N) is 1. The van der Waals surface area contributed by atoms with Crippen LogP contribution >= 0.6 is 11.8 Å². The van der Waals surface area contributed by atoms with Gasteiger partial charge in [0.1, 0.15) is 22.9 Å². The Hall–Kier alpha value is -2.28. The number of hydrogen-bond donors (Lipinski definition) is 1. The van der Waals surface area contributed by atoms with Gasteiger partial charge in [-0.05, 0) is 31.4 Å². The minimum Gasteiger partial charge on any atom is -0.495 e. The number of carbonyl (C=O) groups is 1. The number of amides is 1. The first-order chi connectivity index (χ1) is 12.3. The molecule has 7 heteroatoms. The average Bonchev–Trinajstić information content (AvgIpc) is 2.68. The molecule has 0 bridgehead atoms. The van der Waals surface area contributed by atoms with Gasteiger partial charge < -0.3 is 15.0 Å². The van der Waals surface area contributed by atoms with E-state index in [-0.39, 0.29) is 11.7 Å². The van der Waals surface area contributed by atoms with Crippen LogP contribution in [0.1, 0.15) is 19.3 Å². The molecule has 0 saturated carbocycles. The van der Waals surface area contributed by atoms with E-state index in [0.29, 0.717) is 11.4 Å². The smallest absolute Gasteiger partial charge is 0.234 e. The van der Waals surface area contributed by atoms with Crippen molar-refractivity contribution in [2.24, 2.45) is 0 Å². The fourth-order valence-corrected chi connectivity index (χ4v) is 3.44. The lowest BCUT2D eigenvalue weighted by atomic mass is 10.1.